The predicted molar refractivity (Wildman–Crippen MR) is 104 cm³/mol. The summed E-state index contributed by atoms with van der Waals surface area (Å²) in [6.07, 6.45) is 0. The second kappa shape index (κ2) is 7.66. The number of nitrogens with one attached hydrogen (secondary N) is 1. The van der Waals surface area contributed by atoms with Crippen LogP contribution >= 0.6 is 15.9 Å². The van der Waals surface area contributed by atoms with Crippen molar-refractivity contribution in [1.82, 2.24) is 0 Å². The monoisotopic (exact) mass is 415 g/mol. The molecule has 3 rings (SSSR count). The lowest BCUT2D eigenvalue weighted by Crippen LogP contribution is -2.12. The van der Waals surface area contributed by atoms with E-state index in [1.807, 2.05) is 24.3 Å². The van der Waals surface area contributed by atoms with Crippen LogP contribution in [0.1, 0.15) is 16.1 Å². The van der Waals surface area contributed by atoms with E-state index in [0.29, 0.717) is 34.3 Å². The largest absolute Gasteiger partial charge is 0.497 e. The Balaban J connectivity index is 1.86. The number of halogens is 1. The van der Waals surface area contributed by atoms with Crippen LogP contribution in [0.5, 0.6) is 11.5 Å². The third-order valence-electron chi connectivity index (χ3n) is 3.95. The van der Waals surface area contributed by atoms with Gasteiger partial charge in [-0.2, -0.15) is 0 Å². The van der Waals surface area contributed by atoms with Gasteiger partial charge in [0, 0.05) is 16.1 Å². The molecule has 5 nitrogen and oxygen atoms in total. The average Bonchev–Trinajstić information content (AvgIpc) is 3.04. The molecule has 0 spiro atoms. The van der Waals surface area contributed by atoms with E-state index in [0.717, 1.165) is 10.0 Å². The van der Waals surface area contributed by atoms with Crippen LogP contribution in [-0.4, -0.2) is 20.1 Å². The van der Waals surface area contributed by atoms with Gasteiger partial charge in [0.05, 0.1) is 25.5 Å². The summed E-state index contributed by atoms with van der Waals surface area (Å²) < 4.78 is 17.2. The highest BCUT2D eigenvalue weighted by atomic mass is 79.9. The standard InChI is InChI=1S/C20H18BrNO4/c1-12-16(11-18(26-12)13-4-6-14(21)7-5-13)20(23)22-17-9-8-15(24-2)10-19(17)25-3/h4-11H,1-3H3,(H,22,23). The molecule has 0 radical (unpaired) electrons. The van der Waals surface area contributed by atoms with Gasteiger partial charge < -0.3 is 19.2 Å². The molecule has 1 aromatic heterocycles. The Hall–Kier alpha value is -2.73. The molecule has 0 aliphatic heterocycles. The van der Waals surface area contributed by atoms with E-state index in [4.69, 9.17) is 13.9 Å². The molecule has 1 N–H and O–H groups in total. The van der Waals surface area contributed by atoms with Gasteiger partial charge in [0.15, 0.2) is 0 Å². The molecule has 0 aliphatic carbocycles. The molecular formula is C20H18BrNO4. The summed E-state index contributed by atoms with van der Waals surface area (Å²) in [4.78, 5) is 12.7. The maximum Gasteiger partial charge on any atom is 0.259 e. The second-order valence-electron chi connectivity index (χ2n) is 5.61. The number of amides is 1. The van der Waals surface area contributed by atoms with Gasteiger partial charge in [0.1, 0.15) is 23.0 Å². The number of hydrogen-bond acceptors (Lipinski definition) is 4. The van der Waals surface area contributed by atoms with E-state index in [-0.39, 0.29) is 5.91 Å². The molecule has 1 heterocycles. The Morgan fingerprint density at radius 1 is 1.04 bits per heavy atom. The molecule has 0 saturated heterocycles. The summed E-state index contributed by atoms with van der Waals surface area (Å²) in [6, 6.07) is 14.7. The highest BCUT2D eigenvalue weighted by molar-refractivity contribution is 9.10. The van der Waals surface area contributed by atoms with Crippen molar-refractivity contribution in [3.63, 3.8) is 0 Å². The molecule has 3 aromatic rings. The van der Waals surface area contributed by atoms with Gasteiger partial charge in [-0.1, -0.05) is 28.1 Å². The van der Waals surface area contributed by atoms with Gasteiger partial charge in [-0.25, -0.2) is 0 Å². The van der Waals surface area contributed by atoms with E-state index in [1.54, 1.807) is 45.4 Å². The fourth-order valence-corrected chi connectivity index (χ4v) is 2.82. The first kappa shape index (κ1) is 18.1. The van der Waals surface area contributed by atoms with Crippen LogP contribution in [0.2, 0.25) is 0 Å². The Bertz CT molecular complexity index is 931. The lowest BCUT2D eigenvalue weighted by Gasteiger charge is -2.11. The van der Waals surface area contributed by atoms with Gasteiger partial charge in [-0.15, -0.1) is 0 Å². The highest BCUT2D eigenvalue weighted by Crippen LogP contribution is 2.31. The number of anilines is 1. The number of carbonyl (C=O) groups excluding carboxylic acids is 1. The first-order valence-corrected chi connectivity index (χ1v) is 8.71. The first-order chi connectivity index (χ1) is 12.5. The van der Waals surface area contributed by atoms with Crippen molar-refractivity contribution in [3.05, 3.63) is 64.3 Å². The normalized spacial score (nSPS) is 10.5. The Labute approximate surface area is 160 Å². The third-order valence-corrected chi connectivity index (χ3v) is 4.48. The number of carbonyl (C=O) groups is 1. The fourth-order valence-electron chi connectivity index (χ4n) is 2.56. The van der Waals surface area contributed by atoms with Gasteiger partial charge in [0.25, 0.3) is 5.91 Å². The zero-order chi connectivity index (χ0) is 18.7. The summed E-state index contributed by atoms with van der Waals surface area (Å²) in [6.45, 7) is 1.77. The molecule has 0 saturated carbocycles. The zero-order valence-corrected chi connectivity index (χ0v) is 16.2. The van der Waals surface area contributed by atoms with Crippen LogP contribution in [-0.2, 0) is 0 Å². The van der Waals surface area contributed by atoms with Gasteiger partial charge in [-0.05, 0) is 37.3 Å². The molecule has 0 unspecified atom stereocenters. The van der Waals surface area contributed by atoms with Crippen molar-refractivity contribution < 1.29 is 18.7 Å². The van der Waals surface area contributed by atoms with Gasteiger partial charge >= 0.3 is 0 Å². The van der Waals surface area contributed by atoms with E-state index in [1.165, 1.54) is 0 Å². The van der Waals surface area contributed by atoms with E-state index >= 15 is 0 Å². The summed E-state index contributed by atoms with van der Waals surface area (Å²) in [7, 11) is 3.12. The molecule has 1 amide bonds. The second-order valence-corrected chi connectivity index (χ2v) is 6.52. The lowest BCUT2D eigenvalue weighted by atomic mass is 10.1. The average molecular weight is 416 g/mol. The van der Waals surface area contributed by atoms with Crippen molar-refractivity contribution in [2.45, 2.75) is 6.92 Å². The number of ether oxygens (including phenoxy) is 2. The fraction of sp³-hybridized carbons (Fsp3) is 0.150. The van der Waals surface area contributed by atoms with E-state index < -0.39 is 0 Å². The van der Waals surface area contributed by atoms with Crippen LogP contribution in [0.4, 0.5) is 5.69 Å². The number of benzene rings is 2. The zero-order valence-electron chi connectivity index (χ0n) is 14.6. The summed E-state index contributed by atoms with van der Waals surface area (Å²) in [5.74, 6) is 2.09. The molecule has 134 valence electrons. The quantitative estimate of drug-likeness (QED) is 0.614. The Morgan fingerprint density at radius 2 is 1.77 bits per heavy atom. The van der Waals surface area contributed by atoms with Crippen LogP contribution in [0.3, 0.4) is 0 Å². The highest BCUT2D eigenvalue weighted by Gasteiger charge is 2.18. The molecule has 2 aromatic carbocycles. The van der Waals surface area contributed by atoms with E-state index in [2.05, 4.69) is 21.2 Å². The minimum Gasteiger partial charge on any atom is -0.497 e. The molecule has 0 fully saturated rings. The Kier molecular flexibility index (Phi) is 5.32. The van der Waals surface area contributed by atoms with E-state index in [9.17, 15) is 4.79 Å². The Morgan fingerprint density at radius 3 is 2.42 bits per heavy atom. The molecule has 0 aliphatic rings. The molecule has 26 heavy (non-hydrogen) atoms. The van der Waals surface area contributed by atoms with Gasteiger partial charge in [0.2, 0.25) is 0 Å². The number of methoxy groups -OCH3 is 2. The lowest BCUT2D eigenvalue weighted by molar-refractivity contribution is 0.102. The van der Waals surface area contributed by atoms with Crippen LogP contribution in [0, 0.1) is 6.92 Å². The number of rotatable bonds is 5. The van der Waals surface area contributed by atoms with Crippen LogP contribution in [0.15, 0.2) is 57.4 Å². The maximum absolute atomic E-state index is 12.7. The molecule has 0 bridgehead atoms. The predicted octanol–water partition coefficient (Wildman–Crippen LogP) is 5.29. The van der Waals surface area contributed by atoms with Crippen molar-refractivity contribution >= 4 is 27.5 Å². The smallest absolute Gasteiger partial charge is 0.259 e. The minimum absolute atomic E-state index is 0.266. The van der Waals surface area contributed by atoms with Gasteiger partial charge in [-0.3, -0.25) is 4.79 Å². The molecule has 0 atom stereocenters. The van der Waals surface area contributed by atoms with Crippen LogP contribution < -0.4 is 14.8 Å². The number of hydrogen-bond donors (Lipinski definition) is 1. The summed E-state index contributed by atoms with van der Waals surface area (Å²) in [5, 5.41) is 2.86. The van der Waals surface area contributed by atoms with Crippen molar-refractivity contribution in [2.75, 3.05) is 19.5 Å². The maximum atomic E-state index is 12.7. The number of aryl methyl sites for hydroxylation is 1. The summed E-state index contributed by atoms with van der Waals surface area (Å²) >= 11 is 3.41. The van der Waals surface area contributed by atoms with Crippen LogP contribution in [0.25, 0.3) is 11.3 Å². The first-order valence-electron chi connectivity index (χ1n) is 7.91. The van der Waals surface area contributed by atoms with Crippen molar-refractivity contribution in [2.24, 2.45) is 0 Å². The molecule has 6 heteroatoms. The topological polar surface area (TPSA) is 60.7 Å². The summed E-state index contributed by atoms with van der Waals surface area (Å²) in [5.41, 5.74) is 1.93. The van der Waals surface area contributed by atoms with Crippen molar-refractivity contribution in [3.8, 4) is 22.8 Å². The number of furan rings is 1. The minimum atomic E-state index is -0.266. The third kappa shape index (κ3) is 3.75. The van der Waals surface area contributed by atoms with Crippen molar-refractivity contribution in [1.29, 1.82) is 0 Å². The molecular weight excluding hydrogens is 398 g/mol. The SMILES string of the molecule is COc1ccc(NC(=O)c2cc(-c3ccc(Br)cc3)oc2C)c(OC)c1.